The van der Waals surface area contributed by atoms with E-state index in [9.17, 15) is 14.4 Å². The highest BCUT2D eigenvalue weighted by Gasteiger charge is 2.35. The Bertz CT molecular complexity index is 756. The van der Waals surface area contributed by atoms with Crippen LogP contribution in [0.4, 0.5) is 4.79 Å². The Balaban J connectivity index is 2.15. The Labute approximate surface area is 185 Å². The van der Waals surface area contributed by atoms with Crippen LogP contribution in [-0.2, 0) is 4.79 Å². The highest BCUT2D eigenvalue weighted by Crippen LogP contribution is 2.23. The number of carbonyl (C=O) groups is 3. The van der Waals surface area contributed by atoms with Gasteiger partial charge in [-0.1, -0.05) is 6.07 Å². The lowest BCUT2D eigenvalue weighted by Crippen LogP contribution is -2.55. The van der Waals surface area contributed by atoms with Crippen LogP contribution in [-0.4, -0.2) is 73.0 Å². The highest BCUT2D eigenvalue weighted by molar-refractivity contribution is 5.98. The molecule has 1 fully saturated rings. The standard InChI is InChI=1S/C23H36N4O4/c1-6-26(7-2)22(29)20(25-21(28)18-9-8-10-19(15-18)31-5)17-11-13-27(14-12-17)23(30)24-16(3)4/h8-10,15-17,20H,6-7,11-14H2,1-5H3,(H,24,30)(H,25,28). The van der Waals surface area contributed by atoms with Gasteiger partial charge < -0.3 is 25.2 Å². The minimum atomic E-state index is -0.631. The van der Waals surface area contributed by atoms with E-state index < -0.39 is 6.04 Å². The van der Waals surface area contributed by atoms with Crippen LogP contribution >= 0.6 is 0 Å². The van der Waals surface area contributed by atoms with Crippen molar-refractivity contribution in [2.24, 2.45) is 5.92 Å². The summed E-state index contributed by atoms with van der Waals surface area (Å²) in [6.45, 7) is 9.99. The highest BCUT2D eigenvalue weighted by atomic mass is 16.5. The first-order valence-corrected chi connectivity index (χ1v) is 11.1. The summed E-state index contributed by atoms with van der Waals surface area (Å²) in [5.41, 5.74) is 0.449. The fourth-order valence-electron chi connectivity index (χ4n) is 3.88. The second kappa shape index (κ2) is 11.6. The fraction of sp³-hybridized carbons (Fsp3) is 0.609. The zero-order chi connectivity index (χ0) is 23.0. The van der Waals surface area contributed by atoms with Gasteiger partial charge in [-0.05, 0) is 64.7 Å². The number of methoxy groups -OCH3 is 1. The largest absolute Gasteiger partial charge is 0.497 e. The number of nitrogens with one attached hydrogen (secondary N) is 2. The average Bonchev–Trinajstić information content (AvgIpc) is 2.77. The molecule has 1 saturated heterocycles. The summed E-state index contributed by atoms with van der Waals surface area (Å²) in [7, 11) is 1.55. The van der Waals surface area contributed by atoms with Crippen molar-refractivity contribution in [2.45, 2.75) is 52.6 Å². The summed E-state index contributed by atoms with van der Waals surface area (Å²) < 4.78 is 5.21. The van der Waals surface area contributed by atoms with Gasteiger partial charge in [0, 0.05) is 37.8 Å². The Morgan fingerprint density at radius 2 is 1.77 bits per heavy atom. The van der Waals surface area contributed by atoms with E-state index in [1.165, 1.54) is 0 Å². The van der Waals surface area contributed by atoms with E-state index in [0.29, 0.717) is 50.3 Å². The molecular weight excluding hydrogens is 396 g/mol. The van der Waals surface area contributed by atoms with Gasteiger partial charge in [0.1, 0.15) is 11.8 Å². The number of benzene rings is 1. The zero-order valence-corrected chi connectivity index (χ0v) is 19.3. The van der Waals surface area contributed by atoms with Gasteiger partial charge in [-0.15, -0.1) is 0 Å². The predicted molar refractivity (Wildman–Crippen MR) is 120 cm³/mol. The molecule has 0 spiro atoms. The number of nitrogens with zero attached hydrogens (tertiary/aromatic N) is 2. The normalized spacial score (nSPS) is 15.4. The number of likely N-dealkylation sites (N-methyl/N-ethyl adjacent to an activating group) is 1. The number of carbonyl (C=O) groups excluding carboxylic acids is 3. The molecule has 1 aromatic carbocycles. The summed E-state index contributed by atoms with van der Waals surface area (Å²) in [4.78, 5) is 42.0. The summed E-state index contributed by atoms with van der Waals surface area (Å²) in [6, 6.07) is 6.25. The molecule has 8 heteroatoms. The van der Waals surface area contributed by atoms with E-state index in [4.69, 9.17) is 4.74 Å². The van der Waals surface area contributed by atoms with E-state index in [0.717, 1.165) is 0 Å². The molecule has 0 bridgehead atoms. The smallest absolute Gasteiger partial charge is 0.317 e. The molecule has 1 aromatic rings. The van der Waals surface area contributed by atoms with Gasteiger partial charge in [-0.3, -0.25) is 9.59 Å². The number of rotatable bonds is 8. The molecule has 0 aliphatic carbocycles. The van der Waals surface area contributed by atoms with Crippen LogP contribution in [0.25, 0.3) is 0 Å². The van der Waals surface area contributed by atoms with Crippen LogP contribution in [0.1, 0.15) is 50.9 Å². The Morgan fingerprint density at radius 1 is 1.13 bits per heavy atom. The van der Waals surface area contributed by atoms with Crippen molar-refractivity contribution >= 4 is 17.8 Å². The minimum Gasteiger partial charge on any atom is -0.497 e. The van der Waals surface area contributed by atoms with Crippen molar-refractivity contribution < 1.29 is 19.1 Å². The van der Waals surface area contributed by atoms with Gasteiger partial charge >= 0.3 is 6.03 Å². The number of ether oxygens (including phenoxy) is 1. The lowest BCUT2D eigenvalue weighted by Gasteiger charge is -2.37. The van der Waals surface area contributed by atoms with Crippen molar-refractivity contribution in [3.8, 4) is 5.75 Å². The molecule has 2 N–H and O–H groups in total. The zero-order valence-electron chi connectivity index (χ0n) is 19.3. The molecule has 1 aliphatic rings. The van der Waals surface area contributed by atoms with Crippen molar-refractivity contribution in [1.82, 2.24) is 20.4 Å². The van der Waals surface area contributed by atoms with Crippen molar-refractivity contribution in [2.75, 3.05) is 33.3 Å². The quantitative estimate of drug-likeness (QED) is 0.660. The Kier molecular flexibility index (Phi) is 9.15. The van der Waals surface area contributed by atoms with Gasteiger partial charge in [-0.2, -0.15) is 0 Å². The molecule has 1 aliphatic heterocycles. The first-order chi connectivity index (χ1) is 14.8. The van der Waals surface area contributed by atoms with Crippen LogP contribution in [0.2, 0.25) is 0 Å². The third-order valence-electron chi connectivity index (χ3n) is 5.67. The summed E-state index contributed by atoms with van der Waals surface area (Å²) in [6.07, 6.45) is 1.31. The number of urea groups is 1. The van der Waals surface area contributed by atoms with Gasteiger partial charge in [0.05, 0.1) is 7.11 Å². The van der Waals surface area contributed by atoms with Crippen LogP contribution in [0.15, 0.2) is 24.3 Å². The van der Waals surface area contributed by atoms with Gasteiger partial charge in [0.2, 0.25) is 5.91 Å². The Hall–Kier alpha value is -2.77. The van der Waals surface area contributed by atoms with Crippen molar-refractivity contribution in [1.29, 1.82) is 0 Å². The lowest BCUT2D eigenvalue weighted by molar-refractivity contribution is -0.134. The van der Waals surface area contributed by atoms with Gasteiger partial charge in [-0.25, -0.2) is 4.79 Å². The van der Waals surface area contributed by atoms with Crippen LogP contribution in [0.5, 0.6) is 5.75 Å². The van der Waals surface area contributed by atoms with Crippen LogP contribution < -0.4 is 15.4 Å². The topological polar surface area (TPSA) is 91.0 Å². The molecule has 2 rings (SSSR count). The summed E-state index contributed by atoms with van der Waals surface area (Å²) in [5.74, 6) is 0.171. The second-order valence-electron chi connectivity index (χ2n) is 8.12. The molecular formula is C23H36N4O4. The number of hydrogen-bond acceptors (Lipinski definition) is 4. The number of amides is 4. The van der Waals surface area contributed by atoms with E-state index in [1.54, 1.807) is 41.2 Å². The number of piperidine rings is 1. The van der Waals surface area contributed by atoms with E-state index in [-0.39, 0.29) is 29.8 Å². The third-order valence-corrected chi connectivity index (χ3v) is 5.67. The third kappa shape index (κ3) is 6.60. The first-order valence-electron chi connectivity index (χ1n) is 11.1. The van der Waals surface area contributed by atoms with Crippen LogP contribution in [0.3, 0.4) is 0 Å². The van der Waals surface area contributed by atoms with E-state index in [1.807, 2.05) is 27.7 Å². The molecule has 1 atom stereocenters. The summed E-state index contributed by atoms with van der Waals surface area (Å²) >= 11 is 0. The van der Waals surface area contributed by atoms with Crippen molar-refractivity contribution in [3.63, 3.8) is 0 Å². The summed E-state index contributed by atoms with van der Waals surface area (Å²) in [5, 5.41) is 5.89. The number of hydrogen-bond donors (Lipinski definition) is 2. The Morgan fingerprint density at radius 3 is 2.32 bits per heavy atom. The van der Waals surface area contributed by atoms with Crippen LogP contribution in [0, 0.1) is 5.92 Å². The molecule has 0 saturated carbocycles. The SMILES string of the molecule is CCN(CC)C(=O)C(NC(=O)c1cccc(OC)c1)C1CCN(C(=O)NC(C)C)CC1. The monoisotopic (exact) mass is 432 g/mol. The minimum absolute atomic E-state index is 0.0363. The lowest BCUT2D eigenvalue weighted by atomic mass is 9.88. The van der Waals surface area contributed by atoms with E-state index >= 15 is 0 Å². The predicted octanol–water partition coefficient (Wildman–Crippen LogP) is 2.49. The molecule has 1 heterocycles. The molecule has 1 unspecified atom stereocenters. The second-order valence-corrected chi connectivity index (χ2v) is 8.12. The molecule has 8 nitrogen and oxygen atoms in total. The first kappa shape index (κ1) is 24.5. The van der Waals surface area contributed by atoms with Crippen molar-refractivity contribution in [3.05, 3.63) is 29.8 Å². The maximum atomic E-state index is 13.2. The number of likely N-dealkylation sites (tertiary alicyclic amines) is 1. The average molecular weight is 433 g/mol. The maximum Gasteiger partial charge on any atom is 0.317 e. The molecule has 172 valence electrons. The molecule has 0 aromatic heterocycles. The van der Waals surface area contributed by atoms with Gasteiger partial charge in [0.15, 0.2) is 0 Å². The fourth-order valence-corrected chi connectivity index (χ4v) is 3.88. The molecule has 31 heavy (non-hydrogen) atoms. The molecule has 4 amide bonds. The van der Waals surface area contributed by atoms with Gasteiger partial charge in [0.25, 0.3) is 5.91 Å². The van der Waals surface area contributed by atoms with E-state index in [2.05, 4.69) is 10.6 Å². The molecule has 0 radical (unpaired) electrons. The maximum absolute atomic E-state index is 13.2.